The Hall–Kier alpha value is -4.20. The van der Waals surface area contributed by atoms with Crippen LogP contribution in [0.15, 0.2) is 67.1 Å². The fourth-order valence-corrected chi connectivity index (χ4v) is 3.79. The number of fused-ring (bicyclic) bond motifs is 2. The highest BCUT2D eigenvalue weighted by molar-refractivity contribution is 5.94. The van der Waals surface area contributed by atoms with Crippen molar-refractivity contribution in [2.45, 2.75) is 25.7 Å². The zero-order valence-electron chi connectivity index (χ0n) is 18.0. The minimum absolute atomic E-state index is 0.0457. The number of benzene rings is 2. The van der Waals surface area contributed by atoms with Gasteiger partial charge < -0.3 is 15.4 Å². The van der Waals surface area contributed by atoms with E-state index in [4.69, 9.17) is 4.74 Å². The standard InChI is InChI=1S/C25H23N5O3/c31-23(3-1-14-33-20-9-10-21-18(15-20)6-11-24(32)28-21)27-19-7-4-17(5-8-19)22-16-30-13-2-12-26-25(30)29-22/h2,4-5,7-10,12-13,15-16H,1,3,6,11,14H2,(H,27,31)(H,28,32). The van der Waals surface area contributed by atoms with Crippen LogP contribution in [-0.2, 0) is 16.0 Å². The number of nitrogens with zero attached hydrogens (tertiary/aromatic N) is 3. The van der Waals surface area contributed by atoms with Crippen LogP contribution in [0.3, 0.4) is 0 Å². The average molecular weight is 441 g/mol. The van der Waals surface area contributed by atoms with Crippen LogP contribution in [0.5, 0.6) is 5.75 Å². The van der Waals surface area contributed by atoms with Gasteiger partial charge in [-0.3, -0.25) is 14.0 Å². The molecule has 33 heavy (non-hydrogen) atoms. The Bertz CT molecular complexity index is 1280. The molecule has 8 heteroatoms. The molecule has 0 bridgehead atoms. The number of aryl methyl sites for hydroxylation is 1. The van der Waals surface area contributed by atoms with Gasteiger partial charge in [0.05, 0.1) is 12.3 Å². The van der Waals surface area contributed by atoms with Crippen molar-refractivity contribution in [2.75, 3.05) is 17.2 Å². The highest BCUT2D eigenvalue weighted by Gasteiger charge is 2.15. The van der Waals surface area contributed by atoms with Crippen LogP contribution in [0.25, 0.3) is 17.0 Å². The molecule has 2 aromatic heterocycles. The summed E-state index contributed by atoms with van der Waals surface area (Å²) in [6.45, 7) is 0.444. The second kappa shape index (κ2) is 9.12. The summed E-state index contributed by atoms with van der Waals surface area (Å²) < 4.78 is 7.65. The van der Waals surface area contributed by atoms with E-state index in [1.807, 2.05) is 65.3 Å². The van der Waals surface area contributed by atoms with Gasteiger partial charge in [-0.2, -0.15) is 0 Å². The first-order valence-electron chi connectivity index (χ1n) is 10.9. The van der Waals surface area contributed by atoms with Gasteiger partial charge in [0.25, 0.3) is 0 Å². The first-order valence-corrected chi connectivity index (χ1v) is 10.9. The van der Waals surface area contributed by atoms with Crippen LogP contribution in [-0.4, -0.2) is 32.8 Å². The summed E-state index contributed by atoms with van der Waals surface area (Å²) >= 11 is 0. The van der Waals surface area contributed by atoms with Crippen molar-refractivity contribution in [1.29, 1.82) is 0 Å². The molecule has 1 aliphatic heterocycles. The van der Waals surface area contributed by atoms with Gasteiger partial charge in [0, 0.05) is 48.4 Å². The van der Waals surface area contributed by atoms with E-state index in [2.05, 4.69) is 20.6 Å². The maximum Gasteiger partial charge on any atom is 0.234 e. The number of rotatable bonds is 7. The molecule has 0 radical (unpaired) electrons. The first-order chi connectivity index (χ1) is 16.1. The number of imidazole rings is 1. The second-order valence-electron chi connectivity index (χ2n) is 7.90. The van der Waals surface area contributed by atoms with Gasteiger partial charge in [0.2, 0.25) is 17.6 Å². The van der Waals surface area contributed by atoms with E-state index < -0.39 is 0 Å². The number of carbonyl (C=O) groups excluding carboxylic acids is 2. The number of ether oxygens (including phenoxy) is 1. The average Bonchev–Trinajstić information content (AvgIpc) is 3.27. The lowest BCUT2D eigenvalue weighted by Gasteiger charge is -2.17. The Morgan fingerprint density at radius 2 is 2.03 bits per heavy atom. The summed E-state index contributed by atoms with van der Waals surface area (Å²) in [4.78, 5) is 32.5. The Morgan fingerprint density at radius 3 is 2.88 bits per heavy atom. The number of amides is 2. The second-order valence-corrected chi connectivity index (χ2v) is 7.90. The molecule has 2 N–H and O–H groups in total. The Labute approximate surface area is 190 Å². The molecule has 4 aromatic rings. The predicted octanol–water partition coefficient (Wildman–Crippen LogP) is 4.08. The molecule has 2 amide bonds. The molecule has 0 fully saturated rings. The molecule has 0 saturated carbocycles. The molecule has 0 aliphatic carbocycles. The van der Waals surface area contributed by atoms with Crippen molar-refractivity contribution in [2.24, 2.45) is 0 Å². The van der Waals surface area contributed by atoms with Crippen LogP contribution in [0.2, 0.25) is 0 Å². The van der Waals surface area contributed by atoms with Gasteiger partial charge in [-0.05, 0) is 54.8 Å². The highest BCUT2D eigenvalue weighted by Crippen LogP contribution is 2.27. The van der Waals surface area contributed by atoms with Gasteiger partial charge in [-0.1, -0.05) is 12.1 Å². The molecule has 2 aromatic carbocycles. The number of carbonyl (C=O) groups is 2. The zero-order chi connectivity index (χ0) is 22.6. The molecular weight excluding hydrogens is 418 g/mol. The Kier molecular flexibility index (Phi) is 5.72. The largest absolute Gasteiger partial charge is 0.494 e. The third-order valence-corrected chi connectivity index (χ3v) is 5.49. The molecule has 166 valence electrons. The van der Waals surface area contributed by atoms with Crippen LogP contribution >= 0.6 is 0 Å². The smallest absolute Gasteiger partial charge is 0.234 e. The molecule has 3 heterocycles. The van der Waals surface area contributed by atoms with Crippen molar-refractivity contribution in [3.63, 3.8) is 0 Å². The minimum atomic E-state index is -0.0589. The van der Waals surface area contributed by atoms with Crippen LogP contribution in [0.4, 0.5) is 11.4 Å². The molecule has 8 nitrogen and oxygen atoms in total. The van der Waals surface area contributed by atoms with E-state index >= 15 is 0 Å². The van der Waals surface area contributed by atoms with E-state index in [-0.39, 0.29) is 11.8 Å². The van der Waals surface area contributed by atoms with Gasteiger partial charge in [-0.25, -0.2) is 9.97 Å². The van der Waals surface area contributed by atoms with Crippen LogP contribution in [0.1, 0.15) is 24.8 Å². The SMILES string of the molecule is O=C(CCCOc1ccc2c(c1)CCC(=O)N2)Nc1ccc(-c2cn3cccnc3n2)cc1. The van der Waals surface area contributed by atoms with Gasteiger partial charge in [0.15, 0.2) is 0 Å². The monoisotopic (exact) mass is 441 g/mol. The van der Waals surface area contributed by atoms with E-state index in [1.165, 1.54) is 0 Å². The third-order valence-electron chi connectivity index (χ3n) is 5.49. The van der Waals surface area contributed by atoms with Crippen LogP contribution in [0, 0.1) is 0 Å². The van der Waals surface area contributed by atoms with Crippen molar-refractivity contribution in [1.82, 2.24) is 14.4 Å². The lowest BCUT2D eigenvalue weighted by Crippen LogP contribution is -2.18. The summed E-state index contributed by atoms with van der Waals surface area (Å²) in [6, 6.07) is 15.1. The lowest BCUT2D eigenvalue weighted by molar-refractivity contribution is -0.117. The van der Waals surface area contributed by atoms with Gasteiger partial charge in [-0.15, -0.1) is 0 Å². The fraction of sp³-hybridized carbons (Fsp3) is 0.200. The highest BCUT2D eigenvalue weighted by atomic mass is 16.5. The molecule has 0 atom stereocenters. The Morgan fingerprint density at radius 1 is 1.15 bits per heavy atom. The topological polar surface area (TPSA) is 97.6 Å². The predicted molar refractivity (Wildman–Crippen MR) is 125 cm³/mol. The van der Waals surface area contributed by atoms with Gasteiger partial charge >= 0.3 is 0 Å². The maximum atomic E-state index is 12.3. The summed E-state index contributed by atoms with van der Waals surface area (Å²) in [7, 11) is 0. The summed E-state index contributed by atoms with van der Waals surface area (Å²) in [6.07, 6.45) is 7.72. The van der Waals surface area contributed by atoms with Gasteiger partial charge in [0.1, 0.15) is 5.75 Å². The minimum Gasteiger partial charge on any atom is -0.494 e. The summed E-state index contributed by atoms with van der Waals surface area (Å²) in [5.41, 5.74) is 4.45. The van der Waals surface area contributed by atoms with Crippen molar-refractivity contribution in [3.05, 3.63) is 72.7 Å². The summed E-state index contributed by atoms with van der Waals surface area (Å²) in [5, 5.41) is 5.77. The molecule has 5 rings (SSSR count). The molecule has 1 aliphatic rings. The number of hydrogen-bond donors (Lipinski definition) is 2. The summed E-state index contributed by atoms with van der Waals surface area (Å²) in [5.74, 6) is 1.39. The van der Waals surface area contributed by atoms with Crippen LogP contribution < -0.4 is 15.4 Å². The zero-order valence-corrected chi connectivity index (χ0v) is 18.0. The van der Waals surface area contributed by atoms with E-state index in [9.17, 15) is 9.59 Å². The normalized spacial score (nSPS) is 12.8. The third kappa shape index (κ3) is 4.85. The quantitative estimate of drug-likeness (QED) is 0.421. The number of aromatic nitrogens is 3. The molecule has 0 unspecified atom stereocenters. The Balaban J connectivity index is 1.09. The first kappa shape index (κ1) is 20.7. The van der Waals surface area contributed by atoms with Crippen molar-refractivity contribution < 1.29 is 14.3 Å². The number of hydrogen-bond acceptors (Lipinski definition) is 5. The van der Waals surface area contributed by atoms with Crippen molar-refractivity contribution >= 4 is 29.0 Å². The maximum absolute atomic E-state index is 12.3. The molecule has 0 saturated heterocycles. The van der Waals surface area contributed by atoms with Crippen molar-refractivity contribution in [3.8, 4) is 17.0 Å². The number of nitrogens with one attached hydrogen (secondary N) is 2. The number of anilines is 2. The molecule has 0 spiro atoms. The fourth-order valence-electron chi connectivity index (χ4n) is 3.79. The van der Waals surface area contributed by atoms with E-state index in [0.29, 0.717) is 38.1 Å². The van der Waals surface area contributed by atoms with E-state index in [1.54, 1.807) is 6.20 Å². The molecular formula is C25H23N5O3. The van der Waals surface area contributed by atoms with E-state index in [0.717, 1.165) is 33.9 Å². The lowest BCUT2D eigenvalue weighted by atomic mass is 10.0.